The van der Waals surface area contributed by atoms with Crippen LogP contribution in [0.1, 0.15) is 6.92 Å². The number of carbonyl (C=O) groups is 1. The van der Waals surface area contributed by atoms with Crippen LogP contribution in [-0.4, -0.2) is 12.6 Å². The molecular formula is C19H18N2O. The molecule has 0 radical (unpaired) electrons. The van der Waals surface area contributed by atoms with E-state index in [1.54, 1.807) is 4.90 Å². The molecule has 0 unspecified atom stereocenters. The molecule has 1 N–H and O–H groups in total. The SMILES string of the molecule is CCN(C(=O)Nc1cccc2ccccc12)c1ccccc1. The normalized spacial score (nSPS) is 10.4. The Morgan fingerprint density at radius 3 is 2.36 bits per heavy atom. The van der Waals surface area contributed by atoms with Crippen molar-refractivity contribution in [2.24, 2.45) is 0 Å². The fraction of sp³-hybridized carbons (Fsp3) is 0.105. The van der Waals surface area contributed by atoms with Crippen LogP contribution in [0.25, 0.3) is 10.8 Å². The minimum Gasteiger partial charge on any atom is -0.307 e. The Kier molecular flexibility index (Phi) is 4.05. The van der Waals surface area contributed by atoms with Gasteiger partial charge >= 0.3 is 6.03 Å². The van der Waals surface area contributed by atoms with Crippen LogP contribution in [0.3, 0.4) is 0 Å². The molecule has 0 aliphatic rings. The zero-order valence-electron chi connectivity index (χ0n) is 12.5. The maximum Gasteiger partial charge on any atom is 0.326 e. The predicted molar refractivity (Wildman–Crippen MR) is 92.4 cm³/mol. The average molecular weight is 290 g/mol. The number of benzene rings is 3. The van der Waals surface area contributed by atoms with Crippen molar-refractivity contribution in [1.82, 2.24) is 0 Å². The van der Waals surface area contributed by atoms with Crippen molar-refractivity contribution in [1.29, 1.82) is 0 Å². The summed E-state index contributed by atoms with van der Waals surface area (Å²) in [6.07, 6.45) is 0. The van der Waals surface area contributed by atoms with Crippen molar-refractivity contribution >= 4 is 28.2 Å². The summed E-state index contributed by atoms with van der Waals surface area (Å²) >= 11 is 0. The number of fused-ring (bicyclic) bond motifs is 1. The molecular weight excluding hydrogens is 272 g/mol. The van der Waals surface area contributed by atoms with Crippen LogP contribution in [-0.2, 0) is 0 Å². The smallest absolute Gasteiger partial charge is 0.307 e. The van der Waals surface area contributed by atoms with Crippen molar-refractivity contribution in [3.8, 4) is 0 Å². The summed E-state index contributed by atoms with van der Waals surface area (Å²) in [5.41, 5.74) is 1.72. The Hall–Kier alpha value is -2.81. The van der Waals surface area contributed by atoms with Gasteiger partial charge in [-0.25, -0.2) is 4.79 Å². The topological polar surface area (TPSA) is 32.3 Å². The fourth-order valence-electron chi connectivity index (χ4n) is 2.57. The Balaban J connectivity index is 1.89. The van der Waals surface area contributed by atoms with E-state index in [1.165, 1.54) is 0 Å². The molecule has 3 heteroatoms. The summed E-state index contributed by atoms with van der Waals surface area (Å²) in [7, 11) is 0. The highest BCUT2D eigenvalue weighted by molar-refractivity contribution is 6.07. The summed E-state index contributed by atoms with van der Waals surface area (Å²) in [6, 6.07) is 23.5. The number of hydrogen-bond donors (Lipinski definition) is 1. The lowest BCUT2D eigenvalue weighted by molar-refractivity contribution is 0.257. The molecule has 0 aliphatic heterocycles. The molecule has 2 amide bonds. The van der Waals surface area contributed by atoms with Gasteiger partial charge < -0.3 is 5.32 Å². The molecule has 3 aromatic carbocycles. The molecule has 0 spiro atoms. The standard InChI is InChI=1S/C19H18N2O/c1-2-21(16-11-4-3-5-12-16)19(22)20-18-14-8-10-15-9-6-7-13-17(15)18/h3-14H,2H2,1H3,(H,20,22). The maximum atomic E-state index is 12.6. The van der Waals surface area contributed by atoms with Crippen molar-refractivity contribution in [3.63, 3.8) is 0 Å². The number of urea groups is 1. The Labute approximate surface area is 130 Å². The van der Waals surface area contributed by atoms with Gasteiger partial charge in [-0.05, 0) is 30.5 Å². The first-order valence-corrected chi connectivity index (χ1v) is 7.41. The predicted octanol–water partition coefficient (Wildman–Crippen LogP) is 4.90. The minimum atomic E-state index is -0.120. The second-order valence-electron chi connectivity index (χ2n) is 5.04. The van der Waals surface area contributed by atoms with Crippen LogP contribution in [0, 0.1) is 0 Å². The van der Waals surface area contributed by atoms with E-state index in [-0.39, 0.29) is 6.03 Å². The second kappa shape index (κ2) is 6.31. The van der Waals surface area contributed by atoms with E-state index in [1.807, 2.05) is 79.7 Å². The summed E-state index contributed by atoms with van der Waals surface area (Å²) in [6.45, 7) is 2.58. The van der Waals surface area contributed by atoms with Crippen LogP contribution in [0.4, 0.5) is 16.2 Å². The van der Waals surface area contributed by atoms with E-state index >= 15 is 0 Å². The van der Waals surface area contributed by atoms with E-state index in [2.05, 4.69) is 5.32 Å². The van der Waals surface area contributed by atoms with Crippen molar-refractivity contribution in [2.45, 2.75) is 6.92 Å². The third-order valence-electron chi connectivity index (χ3n) is 3.66. The van der Waals surface area contributed by atoms with E-state index < -0.39 is 0 Å². The summed E-state index contributed by atoms with van der Waals surface area (Å²) in [5.74, 6) is 0. The molecule has 0 bridgehead atoms. The molecule has 3 rings (SSSR count). The Bertz CT molecular complexity index is 778. The molecule has 3 aromatic rings. The van der Waals surface area contributed by atoms with Crippen LogP contribution in [0.15, 0.2) is 72.8 Å². The number of hydrogen-bond acceptors (Lipinski definition) is 1. The third-order valence-corrected chi connectivity index (χ3v) is 3.66. The number of nitrogens with one attached hydrogen (secondary N) is 1. The van der Waals surface area contributed by atoms with E-state index in [4.69, 9.17) is 0 Å². The first-order valence-electron chi connectivity index (χ1n) is 7.41. The summed E-state index contributed by atoms with van der Waals surface area (Å²) in [4.78, 5) is 14.3. The number of amides is 2. The Morgan fingerprint density at radius 1 is 0.909 bits per heavy atom. The quantitative estimate of drug-likeness (QED) is 0.731. The highest BCUT2D eigenvalue weighted by atomic mass is 16.2. The highest BCUT2D eigenvalue weighted by Gasteiger charge is 2.14. The lowest BCUT2D eigenvalue weighted by Gasteiger charge is -2.22. The average Bonchev–Trinajstić information content (AvgIpc) is 2.57. The third kappa shape index (κ3) is 2.79. The van der Waals surface area contributed by atoms with E-state index in [0.29, 0.717) is 6.54 Å². The van der Waals surface area contributed by atoms with Gasteiger partial charge in [0.1, 0.15) is 0 Å². The molecule has 0 saturated carbocycles. The van der Waals surface area contributed by atoms with Crippen LogP contribution >= 0.6 is 0 Å². The van der Waals surface area contributed by atoms with Gasteiger partial charge in [-0.1, -0.05) is 54.6 Å². The second-order valence-corrected chi connectivity index (χ2v) is 5.04. The van der Waals surface area contributed by atoms with Crippen LogP contribution in [0.2, 0.25) is 0 Å². The number of para-hydroxylation sites is 1. The summed E-state index contributed by atoms with van der Waals surface area (Å²) in [5, 5.41) is 5.18. The van der Waals surface area contributed by atoms with Crippen LogP contribution < -0.4 is 10.2 Å². The molecule has 0 fully saturated rings. The highest BCUT2D eigenvalue weighted by Crippen LogP contribution is 2.24. The fourth-order valence-corrected chi connectivity index (χ4v) is 2.57. The number of rotatable bonds is 3. The van der Waals surface area contributed by atoms with Gasteiger partial charge in [0.2, 0.25) is 0 Å². The van der Waals surface area contributed by atoms with Crippen molar-refractivity contribution in [3.05, 3.63) is 72.8 Å². The molecule has 3 nitrogen and oxygen atoms in total. The zero-order chi connectivity index (χ0) is 15.4. The molecule has 0 atom stereocenters. The van der Waals surface area contributed by atoms with Gasteiger partial charge in [0.05, 0.1) is 5.69 Å². The number of anilines is 2. The monoisotopic (exact) mass is 290 g/mol. The largest absolute Gasteiger partial charge is 0.326 e. The van der Waals surface area contributed by atoms with Gasteiger partial charge in [-0.3, -0.25) is 4.90 Å². The first-order chi connectivity index (χ1) is 10.8. The first kappa shape index (κ1) is 14.1. The van der Waals surface area contributed by atoms with Gasteiger partial charge in [-0.2, -0.15) is 0 Å². The number of nitrogens with zero attached hydrogens (tertiary/aromatic N) is 1. The molecule has 0 heterocycles. The maximum absolute atomic E-state index is 12.6. The zero-order valence-corrected chi connectivity index (χ0v) is 12.5. The van der Waals surface area contributed by atoms with Gasteiger partial charge in [0.15, 0.2) is 0 Å². The molecule has 22 heavy (non-hydrogen) atoms. The lowest BCUT2D eigenvalue weighted by Crippen LogP contribution is -2.34. The van der Waals surface area contributed by atoms with Gasteiger partial charge in [0, 0.05) is 17.6 Å². The minimum absolute atomic E-state index is 0.120. The van der Waals surface area contributed by atoms with Crippen LogP contribution in [0.5, 0.6) is 0 Å². The molecule has 110 valence electrons. The van der Waals surface area contributed by atoms with E-state index in [0.717, 1.165) is 22.1 Å². The molecule has 0 aromatic heterocycles. The van der Waals surface area contributed by atoms with E-state index in [9.17, 15) is 4.79 Å². The summed E-state index contributed by atoms with van der Waals surface area (Å²) < 4.78 is 0. The van der Waals surface area contributed by atoms with Gasteiger partial charge in [-0.15, -0.1) is 0 Å². The van der Waals surface area contributed by atoms with Gasteiger partial charge in [0.25, 0.3) is 0 Å². The number of carbonyl (C=O) groups excluding carboxylic acids is 1. The lowest BCUT2D eigenvalue weighted by atomic mass is 10.1. The van der Waals surface area contributed by atoms with Crippen molar-refractivity contribution in [2.75, 3.05) is 16.8 Å². The van der Waals surface area contributed by atoms with Crippen molar-refractivity contribution < 1.29 is 4.79 Å². The molecule has 0 saturated heterocycles. The Morgan fingerprint density at radius 2 is 1.59 bits per heavy atom. The molecule has 0 aliphatic carbocycles.